The van der Waals surface area contributed by atoms with Crippen LogP contribution in [-0.4, -0.2) is 57.3 Å². The third kappa shape index (κ3) is 5.83. The number of likely N-dealkylation sites (tertiary alicyclic amines) is 2. The molecule has 0 N–H and O–H groups in total. The van der Waals surface area contributed by atoms with Gasteiger partial charge in [-0.2, -0.15) is 0 Å². The molecule has 2 aliphatic rings. The lowest BCUT2D eigenvalue weighted by Gasteiger charge is -2.31. The number of halogens is 1. The van der Waals surface area contributed by atoms with Crippen LogP contribution in [0, 0.1) is 0 Å². The van der Waals surface area contributed by atoms with Crippen molar-refractivity contribution in [1.29, 1.82) is 0 Å². The second-order valence-corrected chi connectivity index (χ2v) is 10.2. The van der Waals surface area contributed by atoms with E-state index in [-0.39, 0.29) is 11.5 Å². The largest absolute Gasteiger partial charge is 0.302 e. The molecule has 6 nitrogen and oxygen atoms in total. The number of rotatable bonds is 7. The molecule has 0 saturated carbocycles. The SMILES string of the molecule is O=c1c(C(CN2CCCCC2)c2ccccc2Cl)nc(-c2ccccc2)nn1CN1CCCCC1. The van der Waals surface area contributed by atoms with Crippen molar-refractivity contribution in [2.24, 2.45) is 0 Å². The monoisotopic (exact) mass is 491 g/mol. The van der Waals surface area contributed by atoms with E-state index < -0.39 is 0 Å². The summed E-state index contributed by atoms with van der Waals surface area (Å²) in [6.07, 6.45) is 7.22. The number of piperidine rings is 2. The molecule has 1 unspecified atom stereocenters. The second kappa shape index (κ2) is 11.5. The Hall–Kier alpha value is -2.54. The molecule has 3 heterocycles. The van der Waals surface area contributed by atoms with E-state index in [0.29, 0.717) is 23.2 Å². The van der Waals surface area contributed by atoms with Crippen molar-refractivity contribution in [1.82, 2.24) is 24.6 Å². The molecule has 2 aromatic carbocycles. The zero-order valence-corrected chi connectivity index (χ0v) is 21.0. The first-order valence-electron chi connectivity index (χ1n) is 12.9. The average Bonchev–Trinajstić information content (AvgIpc) is 2.91. The summed E-state index contributed by atoms with van der Waals surface area (Å²) in [6.45, 7) is 5.29. The summed E-state index contributed by atoms with van der Waals surface area (Å²) in [5.41, 5.74) is 2.29. The normalized spacial score (nSPS) is 18.4. The minimum Gasteiger partial charge on any atom is -0.302 e. The maximum atomic E-state index is 13.9. The lowest BCUT2D eigenvalue weighted by Crippen LogP contribution is -2.41. The summed E-state index contributed by atoms with van der Waals surface area (Å²) >= 11 is 6.71. The van der Waals surface area contributed by atoms with Gasteiger partial charge in [0.05, 0.1) is 6.67 Å². The Morgan fingerprint density at radius 2 is 1.43 bits per heavy atom. The summed E-state index contributed by atoms with van der Waals surface area (Å²) in [7, 11) is 0. The van der Waals surface area contributed by atoms with Crippen molar-refractivity contribution in [3.8, 4) is 11.4 Å². The van der Waals surface area contributed by atoms with Gasteiger partial charge in [-0.1, -0.05) is 73.0 Å². The molecule has 1 atom stereocenters. The van der Waals surface area contributed by atoms with Crippen LogP contribution < -0.4 is 5.56 Å². The topological polar surface area (TPSA) is 54.3 Å². The fourth-order valence-electron chi connectivity index (χ4n) is 5.29. The molecule has 0 spiro atoms. The number of nitrogens with zero attached hydrogens (tertiary/aromatic N) is 5. The highest BCUT2D eigenvalue weighted by molar-refractivity contribution is 6.31. The highest BCUT2D eigenvalue weighted by atomic mass is 35.5. The zero-order chi connectivity index (χ0) is 24.0. The Labute approximate surface area is 212 Å². The van der Waals surface area contributed by atoms with E-state index in [9.17, 15) is 4.79 Å². The standard InChI is InChI=1S/C28H34ClN5O/c29-25-15-7-6-14-23(25)24(20-32-16-8-2-9-17-32)26-28(35)34(21-33-18-10-3-11-19-33)31-27(30-26)22-12-4-1-5-13-22/h1,4-7,12-15,24H,2-3,8-11,16-21H2. The third-order valence-corrected chi connectivity index (χ3v) is 7.55. The average molecular weight is 492 g/mol. The first-order valence-corrected chi connectivity index (χ1v) is 13.3. The highest BCUT2D eigenvalue weighted by Gasteiger charge is 2.28. The number of aromatic nitrogens is 3. The van der Waals surface area contributed by atoms with E-state index in [2.05, 4.69) is 9.80 Å². The van der Waals surface area contributed by atoms with Crippen LogP contribution in [0.2, 0.25) is 5.02 Å². The lowest BCUT2D eigenvalue weighted by molar-refractivity contribution is 0.168. The van der Waals surface area contributed by atoms with Crippen LogP contribution in [0.15, 0.2) is 59.4 Å². The summed E-state index contributed by atoms with van der Waals surface area (Å²) in [6, 6.07) is 17.8. The first-order chi connectivity index (χ1) is 17.2. The maximum Gasteiger partial charge on any atom is 0.290 e. The van der Waals surface area contributed by atoms with Crippen LogP contribution in [-0.2, 0) is 6.67 Å². The molecule has 3 aromatic rings. The smallest absolute Gasteiger partial charge is 0.290 e. The molecule has 1 aromatic heterocycles. The van der Waals surface area contributed by atoms with E-state index >= 15 is 0 Å². The minimum absolute atomic E-state index is 0.114. The zero-order valence-electron chi connectivity index (χ0n) is 20.3. The Kier molecular flexibility index (Phi) is 7.92. The van der Waals surface area contributed by atoms with Crippen molar-refractivity contribution in [3.05, 3.63) is 81.2 Å². The Morgan fingerprint density at radius 1 is 0.800 bits per heavy atom. The quantitative estimate of drug-likeness (QED) is 0.464. The summed E-state index contributed by atoms with van der Waals surface area (Å²) < 4.78 is 1.63. The van der Waals surface area contributed by atoms with E-state index in [4.69, 9.17) is 21.7 Å². The summed E-state index contributed by atoms with van der Waals surface area (Å²) in [5, 5.41) is 5.42. The van der Waals surface area contributed by atoms with Gasteiger partial charge in [0.2, 0.25) is 0 Å². The molecular formula is C28H34ClN5O. The van der Waals surface area contributed by atoms with Gasteiger partial charge in [-0.15, -0.1) is 5.10 Å². The molecule has 7 heteroatoms. The van der Waals surface area contributed by atoms with Crippen LogP contribution in [0.25, 0.3) is 11.4 Å². The molecule has 0 aliphatic carbocycles. The molecule has 184 valence electrons. The van der Waals surface area contributed by atoms with Gasteiger partial charge >= 0.3 is 0 Å². The van der Waals surface area contributed by atoms with E-state index in [1.165, 1.54) is 25.7 Å². The molecule has 0 radical (unpaired) electrons. The van der Waals surface area contributed by atoms with Gasteiger partial charge in [0.15, 0.2) is 5.82 Å². The van der Waals surface area contributed by atoms with Gasteiger partial charge in [-0.05, 0) is 63.5 Å². The number of hydrogen-bond donors (Lipinski definition) is 0. The van der Waals surface area contributed by atoms with Gasteiger partial charge in [0, 0.05) is 23.0 Å². The second-order valence-electron chi connectivity index (χ2n) is 9.75. The van der Waals surface area contributed by atoms with Crippen molar-refractivity contribution < 1.29 is 0 Å². The number of hydrogen-bond acceptors (Lipinski definition) is 5. The van der Waals surface area contributed by atoms with Crippen molar-refractivity contribution in [2.45, 2.75) is 51.1 Å². The Morgan fingerprint density at radius 3 is 2.11 bits per heavy atom. The van der Waals surface area contributed by atoms with Crippen LogP contribution in [0.1, 0.15) is 55.7 Å². The van der Waals surface area contributed by atoms with Gasteiger partial charge in [0.25, 0.3) is 5.56 Å². The van der Waals surface area contributed by atoms with Crippen LogP contribution in [0.4, 0.5) is 0 Å². The Bertz CT molecular complexity index is 1170. The van der Waals surface area contributed by atoms with Gasteiger partial charge < -0.3 is 4.90 Å². The molecule has 2 aliphatic heterocycles. The lowest BCUT2D eigenvalue weighted by atomic mass is 9.94. The predicted octanol–water partition coefficient (Wildman–Crippen LogP) is 5.02. The first kappa shape index (κ1) is 24.2. The van der Waals surface area contributed by atoms with Gasteiger partial charge in [-0.3, -0.25) is 9.69 Å². The van der Waals surface area contributed by atoms with Crippen LogP contribution >= 0.6 is 11.6 Å². The van der Waals surface area contributed by atoms with Crippen LogP contribution in [0.3, 0.4) is 0 Å². The summed E-state index contributed by atoms with van der Waals surface area (Å²) in [4.78, 5) is 23.7. The molecular weight excluding hydrogens is 458 g/mol. The van der Waals surface area contributed by atoms with Crippen molar-refractivity contribution >= 4 is 11.6 Å². The molecule has 0 amide bonds. The fourth-order valence-corrected chi connectivity index (χ4v) is 5.56. The van der Waals surface area contributed by atoms with E-state index in [1.807, 2.05) is 54.6 Å². The van der Waals surface area contributed by atoms with Gasteiger partial charge in [-0.25, -0.2) is 9.67 Å². The van der Waals surface area contributed by atoms with Crippen molar-refractivity contribution in [2.75, 3.05) is 32.7 Å². The minimum atomic E-state index is -0.215. The molecule has 2 saturated heterocycles. The van der Waals surface area contributed by atoms with Gasteiger partial charge in [0.1, 0.15) is 5.69 Å². The molecule has 0 bridgehead atoms. The molecule has 2 fully saturated rings. The Balaban J connectivity index is 1.61. The van der Waals surface area contributed by atoms with Crippen LogP contribution in [0.5, 0.6) is 0 Å². The predicted molar refractivity (Wildman–Crippen MR) is 141 cm³/mol. The fraction of sp³-hybridized carbons (Fsp3) is 0.464. The maximum absolute atomic E-state index is 13.9. The third-order valence-electron chi connectivity index (χ3n) is 7.21. The molecule has 35 heavy (non-hydrogen) atoms. The summed E-state index contributed by atoms with van der Waals surface area (Å²) in [5.74, 6) is 0.375. The van der Waals surface area contributed by atoms with E-state index in [1.54, 1.807) is 4.68 Å². The number of benzene rings is 2. The van der Waals surface area contributed by atoms with Crippen molar-refractivity contribution in [3.63, 3.8) is 0 Å². The highest BCUT2D eigenvalue weighted by Crippen LogP contribution is 2.30. The van der Waals surface area contributed by atoms with E-state index in [0.717, 1.165) is 56.7 Å². The molecule has 5 rings (SSSR count).